The highest BCUT2D eigenvalue weighted by Crippen LogP contribution is 2.53. The average Bonchev–Trinajstić information content (AvgIpc) is 2.66. The molecule has 6 rings (SSSR count). The molecular formula is C25H31NO. The van der Waals surface area contributed by atoms with E-state index in [0.29, 0.717) is 6.61 Å². The summed E-state index contributed by atoms with van der Waals surface area (Å²) in [7, 11) is 0. The summed E-state index contributed by atoms with van der Waals surface area (Å²) in [5.74, 6) is 4.93. The zero-order chi connectivity index (χ0) is 18.2. The predicted molar refractivity (Wildman–Crippen MR) is 110 cm³/mol. The minimum Gasteiger partial charge on any atom is -0.489 e. The third kappa shape index (κ3) is 3.65. The van der Waals surface area contributed by atoms with Crippen molar-refractivity contribution in [2.75, 3.05) is 0 Å². The first-order chi connectivity index (χ1) is 13.2. The van der Waals surface area contributed by atoms with Gasteiger partial charge in [-0.3, -0.25) is 0 Å². The van der Waals surface area contributed by atoms with Gasteiger partial charge in [0, 0.05) is 18.2 Å². The van der Waals surface area contributed by atoms with Crippen LogP contribution in [0.3, 0.4) is 0 Å². The van der Waals surface area contributed by atoms with Crippen molar-refractivity contribution in [3.8, 4) is 5.75 Å². The lowest BCUT2D eigenvalue weighted by Crippen LogP contribution is -2.54. The van der Waals surface area contributed by atoms with Gasteiger partial charge in [0.1, 0.15) is 12.4 Å². The molecule has 4 aliphatic carbocycles. The second-order valence-electron chi connectivity index (χ2n) is 9.22. The molecule has 0 atom stereocenters. The van der Waals surface area contributed by atoms with Crippen LogP contribution in [-0.2, 0) is 13.2 Å². The van der Waals surface area contributed by atoms with Crippen LogP contribution in [0, 0.1) is 30.6 Å². The standard InChI is InChI=1S/C25H31NO/c1-17-5-4-6-18(9-17)16-27-24-8-3-2-7-21(24)15-26-25-22-11-19-10-20(13-22)14-23(25)12-19/h2-9,19-20,22-23,25-26H,10-16H2,1H3. The third-order valence-corrected chi connectivity index (χ3v) is 7.20. The van der Waals surface area contributed by atoms with Crippen molar-refractivity contribution in [1.82, 2.24) is 5.32 Å². The van der Waals surface area contributed by atoms with Crippen LogP contribution in [-0.4, -0.2) is 6.04 Å². The van der Waals surface area contributed by atoms with E-state index in [-0.39, 0.29) is 0 Å². The number of nitrogens with one attached hydrogen (secondary N) is 1. The molecule has 4 saturated carbocycles. The fraction of sp³-hybridized carbons (Fsp3) is 0.520. The van der Waals surface area contributed by atoms with Gasteiger partial charge in [-0.1, -0.05) is 48.0 Å². The van der Waals surface area contributed by atoms with Crippen molar-refractivity contribution in [1.29, 1.82) is 0 Å². The fourth-order valence-corrected chi connectivity index (χ4v) is 6.24. The fourth-order valence-electron chi connectivity index (χ4n) is 6.24. The van der Waals surface area contributed by atoms with E-state index >= 15 is 0 Å². The van der Waals surface area contributed by atoms with E-state index in [2.05, 4.69) is 60.8 Å². The largest absolute Gasteiger partial charge is 0.489 e. The summed E-state index contributed by atoms with van der Waals surface area (Å²) in [6.07, 6.45) is 7.40. The summed E-state index contributed by atoms with van der Waals surface area (Å²) in [5.41, 5.74) is 3.81. The van der Waals surface area contributed by atoms with Crippen molar-refractivity contribution in [3.05, 3.63) is 65.2 Å². The Morgan fingerprint density at radius 3 is 2.37 bits per heavy atom. The number of para-hydroxylation sites is 1. The molecule has 0 saturated heterocycles. The van der Waals surface area contributed by atoms with Gasteiger partial charge in [0.15, 0.2) is 0 Å². The van der Waals surface area contributed by atoms with Gasteiger partial charge in [-0.15, -0.1) is 0 Å². The Labute approximate surface area is 163 Å². The summed E-state index contributed by atoms with van der Waals surface area (Å²) in [6.45, 7) is 3.69. The Hall–Kier alpha value is -1.80. The lowest BCUT2D eigenvalue weighted by molar-refractivity contribution is -0.0143. The summed E-state index contributed by atoms with van der Waals surface area (Å²) >= 11 is 0. The van der Waals surface area contributed by atoms with Gasteiger partial charge in [-0.05, 0) is 74.3 Å². The van der Waals surface area contributed by atoms with Crippen LogP contribution in [0.4, 0.5) is 0 Å². The molecule has 0 aromatic heterocycles. The number of ether oxygens (including phenoxy) is 1. The van der Waals surface area contributed by atoms with E-state index < -0.39 is 0 Å². The van der Waals surface area contributed by atoms with Gasteiger partial charge in [0.2, 0.25) is 0 Å². The highest BCUT2D eigenvalue weighted by atomic mass is 16.5. The number of aryl methyl sites for hydroxylation is 1. The molecule has 2 heteroatoms. The van der Waals surface area contributed by atoms with Crippen LogP contribution in [0.15, 0.2) is 48.5 Å². The maximum absolute atomic E-state index is 6.20. The number of benzene rings is 2. The minimum atomic E-state index is 0.636. The van der Waals surface area contributed by atoms with Crippen LogP contribution in [0.2, 0.25) is 0 Å². The normalized spacial score (nSPS) is 31.2. The van der Waals surface area contributed by atoms with Crippen LogP contribution >= 0.6 is 0 Å². The van der Waals surface area contributed by atoms with Crippen molar-refractivity contribution in [3.63, 3.8) is 0 Å². The average molecular weight is 362 g/mol. The Morgan fingerprint density at radius 1 is 0.889 bits per heavy atom. The van der Waals surface area contributed by atoms with Crippen LogP contribution < -0.4 is 10.1 Å². The second kappa shape index (κ2) is 7.31. The van der Waals surface area contributed by atoms with Gasteiger partial charge in [0.25, 0.3) is 0 Å². The highest BCUT2D eigenvalue weighted by molar-refractivity contribution is 5.34. The van der Waals surface area contributed by atoms with E-state index in [1.165, 1.54) is 48.8 Å². The van der Waals surface area contributed by atoms with E-state index in [4.69, 9.17) is 4.74 Å². The van der Waals surface area contributed by atoms with Crippen LogP contribution in [0.1, 0.15) is 48.8 Å². The lowest BCUT2D eigenvalue weighted by Gasteiger charge is -2.54. The van der Waals surface area contributed by atoms with Crippen LogP contribution in [0.25, 0.3) is 0 Å². The van der Waals surface area contributed by atoms with Crippen molar-refractivity contribution in [2.24, 2.45) is 23.7 Å². The van der Waals surface area contributed by atoms with E-state index in [0.717, 1.165) is 42.0 Å². The molecule has 2 aromatic carbocycles. The van der Waals surface area contributed by atoms with Gasteiger partial charge in [-0.25, -0.2) is 0 Å². The predicted octanol–water partition coefficient (Wildman–Crippen LogP) is 5.49. The van der Waals surface area contributed by atoms with Crippen molar-refractivity contribution < 1.29 is 4.74 Å². The van der Waals surface area contributed by atoms with Gasteiger partial charge < -0.3 is 10.1 Å². The molecule has 4 fully saturated rings. The Balaban J connectivity index is 1.23. The Bertz CT molecular complexity index is 770. The molecule has 4 aliphatic rings. The molecule has 1 N–H and O–H groups in total. The SMILES string of the molecule is Cc1cccc(COc2ccccc2CNC2C3CC4CC(C3)CC2C4)c1. The van der Waals surface area contributed by atoms with Crippen molar-refractivity contribution >= 4 is 0 Å². The third-order valence-electron chi connectivity index (χ3n) is 7.20. The second-order valence-corrected chi connectivity index (χ2v) is 9.22. The molecule has 2 aromatic rings. The molecule has 0 heterocycles. The molecule has 4 bridgehead atoms. The van der Waals surface area contributed by atoms with E-state index in [9.17, 15) is 0 Å². The molecule has 0 amide bonds. The summed E-state index contributed by atoms with van der Waals surface area (Å²) in [4.78, 5) is 0. The van der Waals surface area contributed by atoms with Crippen LogP contribution in [0.5, 0.6) is 5.75 Å². The first kappa shape index (κ1) is 17.3. The summed E-state index contributed by atoms with van der Waals surface area (Å²) in [5, 5.41) is 3.95. The molecule has 0 aliphatic heterocycles. The maximum Gasteiger partial charge on any atom is 0.124 e. The topological polar surface area (TPSA) is 21.3 Å². The zero-order valence-electron chi connectivity index (χ0n) is 16.4. The summed E-state index contributed by atoms with van der Waals surface area (Å²) < 4.78 is 6.20. The minimum absolute atomic E-state index is 0.636. The first-order valence-corrected chi connectivity index (χ1v) is 10.7. The maximum atomic E-state index is 6.20. The van der Waals surface area contributed by atoms with Gasteiger partial charge >= 0.3 is 0 Å². The molecule has 0 radical (unpaired) electrons. The molecular weight excluding hydrogens is 330 g/mol. The van der Waals surface area contributed by atoms with Gasteiger partial charge in [-0.2, -0.15) is 0 Å². The van der Waals surface area contributed by atoms with Crippen molar-refractivity contribution in [2.45, 2.75) is 58.2 Å². The van der Waals surface area contributed by atoms with E-state index in [1.54, 1.807) is 0 Å². The molecule has 142 valence electrons. The smallest absolute Gasteiger partial charge is 0.124 e. The number of hydrogen-bond donors (Lipinski definition) is 1. The van der Waals surface area contributed by atoms with E-state index in [1.807, 2.05) is 0 Å². The highest BCUT2D eigenvalue weighted by Gasteiger charge is 2.47. The number of rotatable bonds is 6. The van der Waals surface area contributed by atoms with Gasteiger partial charge in [0.05, 0.1) is 0 Å². The zero-order valence-corrected chi connectivity index (χ0v) is 16.4. The first-order valence-electron chi connectivity index (χ1n) is 10.7. The number of hydrogen-bond acceptors (Lipinski definition) is 2. The molecule has 2 nitrogen and oxygen atoms in total. The lowest BCUT2D eigenvalue weighted by atomic mass is 9.54. The Kier molecular flexibility index (Phi) is 4.69. The summed E-state index contributed by atoms with van der Waals surface area (Å²) in [6, 6.07) is 17.9. The molecule has 27 heavy (non-hydrogen) atoms. The molecule has 0 unspecified atom stereocenters. The quantitative estimate of drug-likeness (QED) is 0.735. The molecule has 0 spiro atoms. The monoisotopic (exact) mass is 361 g/mol. The Morgan fingerprint density at radius 2 is 1.63 bits per heavy atom.